The van der Waals surface area contributed by atoms with Crippen molar-refractivity contribution < 1.29 is 22.7 Å². The van der Waals surface area contributed by atoms with Crippen LogP contribution in [0.3, 0.4) is 0 Å². The van der Waals surface area contributed by atoms with Crippen LogP contribution in [0.4, 0.5) is 18.9 Å². The van der Waals surface area contributed by atoms with Crippen molar-refractivity contribution >= 4 is 11.6 Å². The highest BCUT2D eigenvalue weighted by Gasteiger charge is 2.26. The van der Waals surface area contributed by atoms with E-state index in [1.807, 2.05) is 0 Å². The fourth-order valence-corrected chi connectivity index (χ4v) is 1.34. The topological polar surface area (TPSA) is 78.3 Å². The van der Waals surface area contributed by atoms with Crippen LogP contribution in [0, 0.1) is 0 Å². The standard InChI is InChI=1S/C11H13F3N2O2/c12-11(13,14)5-2-6-18-8-4-1-3-7(9(8)15)10(16)17/h1,3-4H,2,5-6,15H2,(H2,16,17). The normalized spacial score (nSPS) is 11.3. The van der Waals surface area contributed by atoms with Crippen molar-refractivity contribution in [3.8, 4) is 5.75 Å². The lowest BCUT2D eigenvalue weighted by Gasteiger charge is -2.11. The van der Waals surface area contributed by atoms with E-state index in [9.17, 15) is 18.0 Å². The summed E-state index contributed by atoms with van der Waals surface area (Å²) in [6.07, 6.45) is -5.31. The monoisotopic (exact) mass is 262 g/mol. The fraction of sp³-hybridized carbons (Fsp3) is 0.364. The van der Waals surface area contributed by atoms with Gasteiger partial charge in [-0.25, -0.2) is 0 Å². The predicted molar refractivity (Wildman–Crippen MR) is 60.2 cm³/mol. The average molecular weight is 262 g/mol. The smallest absolute Gasteiger partial charge is 0.389 e. The zero-order valence-electron chi connectivity index (χ0n) is 9.46. The van der Waals surface area contributed by atoms with Crippen LogP contribution >= 0.6 is 0 Å². The van der Waals surface area contributed by atoms with E-state index in [1.54, 1.807) is 0 Å². The second-order valence-electron chi connectivity index (χ2n) is 3.65. The Morgan fingerprint density at radius 1 is 1.33 bits per heavy atom. The number of hydrogen-bond donors (Lipinski definition) is 2. The molecule has 4 nitrogen and oxygen atoms in total. The Balaban J connectivity index is 2.58. The van der Waals surface area contributed by atoms with Crippen LogP contribution in [-0.2, 0) is 0 Å². The third kappa shape index (κ3) is 4.15. The Labute approximate surface area is 102 Å². The first-order valence-electron chi connectivity index (χ1n) is 5.19. The van der Waals surface area contributed by atoms with E-state index < -0.39 is 18.5 Å². The van der Waals surface area contributed by atoms with Gasteiger partial charge in [-0.1, -0.05) is 6.07 Å². The molecule has 1 aromatic carbocycles. The number of nitrogen functional groups attached to an aromatic ring is 1. The highest BCUT2D eigenvalue weighted by Crippen LogP contribution is 2.26. The highest BCUT2D eigenvalue weighted by atomic mass is 19.4. The first kappa shape index (κ1) is 14.1. The lowest BCUT2D eigenvalue weighted by molar-refractivity contribution is -0.136. The van der Waals surface area contributed by atoms with Gasteiger partial charge in [0.15, 0.2) is 0 Å². The van der Waals surface area contributed by atoms with Crippen molar-refractivity contribution in [1.82, 2.24) is 0 Å². The Bertz CT molecular complexity index is 433. The van der Waals surface area contributed by atoms with Gasteiger partial charge in [0.2, 0.25) is 0 Å². The molecule has 18 heavy (non-hydrogen) atoms. The maximum atomic E-state index is 11.9. The van der Waals surface area contributed by atoms with Crippen molar-refractivity contribution in [2.75, 3.05) is 12.3 Å². The molecule has 0 unspecified atom stereocenters. The summed E-state index contributed by atoms with van der Waals surface area (Å²) >= 11 is 0. The number of para-hydroxylation sites is 1. The van der Waals surface area contributed by atoms with Crippen LogP contribution in [0.1, 0.15) is 23.2 Å². The summed E-state index contributed by atoms with van der Waals surface area (Å²) < 4.78 is 40.8. The van der Waals surface area contributed by atoms with Gasteiger partial charge < -0.3 is 16.2 Å². The van der Waals surface area contributed by atoms with E-state index >= 15 is 0 Å². The predicted octanol–water partition coefficient (Wildman–Crippen LogP) is 2.09. The van der Waals surface area contributed by atoms with Crippen LogP contribution in [0.2, 0.25) is 0 Å². The van der Waals surface area contributed by atoms with Gasteiger partial charge >= 0.3 is 6.18 Å². The molecule has 0 aliphatic heterocycles. The van der Waals surface area contributed by atoms with Crippen molar-refractivity contribution in [3.63, 3.8) is 0 Å². The summed E-state index contributed by atoms with van der Waals surface area (Å²) in [5, 5.41) is 0. The number of carbonyl (C=O) groups excluding carboxylic acids is 1. The number of anilines is 1. The molecule has 0 bridgehead atoms. The highest BCUT2D eigenvalue weighted by molar-refractivity contribution is 5.99. The molecule has 0 radical (unpaired) electrons. The van der Waals surface area contributed by atoms with Gasteiger partial charge in [0.05, 0.1) is 17.9 Å². The molecule has 0 aromatic heterocycles. The lowest BCUT2D eigenvalue weighted by Crippen LogP contribution is -2.14. The minimum absolute atomic E-state index is 0.0389. The van der Waals surface area contributed by atoms with E-state index in [0.717, 1.165) is 0 Å². The van der Waals surface area contributed by atoms with Gasteiger partial charge in [-0.15, -0.1) is 0 Å². The Hall–Kier alpha value is -1.92. The molecule has 0 aliphatic rings. The minimum atomic E-state index is -4.20. The summed E-state index contributed by atoms with van der Waals surface area (Å²) in [6, 6.07) is 4.38. The summed E-state index contributed by atoms with van der Waals surface area (Å²) in [6.45, 7) is -0.133. The van der Waals surface area contributed by atoms with Crippen molar-refractivity contribution in [2.24, 2.45) is 5.73 Å². The van der Waals surface area contributed by atoms with Crippen molar-refractivity contribution in [3.05, 3.63) is 23.8 Å². The van der Waals surface area contributed by atoms with Gasteiger partial charge in [0.25, 0.3) is 5.91 Å². The van der Waals surface area contributed by atoms with Crippen LogP contribution in [0.25, 0.3) is 0 Å². The van der Waals surface area contributed by atoms with Gasteiger partial charge in [0.1, 0.15) is 5.75 Å². The number of primary amides is 1. The molecule has 0 heterocycles. The molecule has 0 saturated carbocycles. The van der Waals surface area contributed by atoms with Crippen LogP contribution in [0.5, 0.6) is 5.75 Å². The molecule has 7 heteroatoms. The molecule has 1 aromatic rings. The van der Waals surface area contributed by atoms with E-state index in [4.69, 9.17) is 16.2 Å². The SMILES string of the molecule is NC(=O)c1cccc(OCCCC(F)(F)F)c1N. The van der Waals surface area contributed by atoms with Gasteiger partial charge in [-0.05, 0) is 18.6 Å². The average Bonchev–Trinajstić information content (AvgIpc) is 2.24. The van der Waals surface area contributed by atoms with Crippen molar-refractivity contribution in [2.45, 2.75) is 19.0 Å². The first-order chi connectivity index (χ1) is 8.31. The summed E-state index contributed by atoms with van der Waals surface area (Å²) in [5.74, 6) is -0.554. The number of alkyl halides is 3. The molecule has 0 spiro atoms. The van der Waals surface area contributed by atoms with Crippen LogP contribution in [0.15, 0.2) is 18.2 Å². The van der Waals surface area contributed by atoms with Crippen LogP contribution in [-0.4, -0.2) is 18.7 Å². The van der Waals surface area contributed by atoms with E-state index in [0.29, 0.717) is 0 Å². The number of carbonyl (C=O) groups is 1. The summed E-state index contributed by atoms with van der Waals surface area (Å²) in [5.41, 5.74) is 10.8. The Morgan fingerprint density at radius 3 is 2.56 bits per heavy atom. The number of nitrogens with two attached hydrogens (primary N) is 2. The molecular weight excluding hydrogens is 249 g/mol. The molecule has 0 atom stereocenters. The third-order valence-corrected chi connectivity index (χ3v) is 2.19. The maximum absolute atomic E-state index is 11.9. The molecule has 0 aliphatic carbocycles. The van der Waals surface area contributed by atoms with E-state index in [2.05, 4.69) is 0 Å². The third-order valence-electron chi connectivity index (χ3n) is 2.19. The molecule has 4 N–H and O–H groups in total. The molecule has 1 rings (SSSR count). The Morgan fingerprint density at radius 2 is 2.00 bits per heavy atom. The number of amides is 1. The van der Waals surface area contributed by atoms with Gasteiger partial charge in [-0.3, -0.25) is 4.79 Å². The Kier molecular flexibility index (Phi) is 4.41. The number of hydrogen-bond acceptors (Lipinski definition) is 3. The minimum Gasteiger partial charge on any atom is -0.491 e. The fourth-order valence-electron chi connectivity index (χ4n) is 1.34. The van der Waals surface area contributed by atoms with E-state index in [1.165, 1.54) is 18.2 Å². The lowest BCUT2D eigenvalue weighted by atomic mass is 10.1. The van der Waals surface area contributed by atoms with Gasteiger partial charge in [-0.2, -0.15) is 13.2 Å². The van der Waals surface area contributed by atoms with Crippen LogP contribution < -0.4 is 16.2 Å². The van der Waals surface area contributed by atoms with E-state index in [-0.39, 0.29) is 30.0 Å². The zero-order chi connectivity index (χ0) is 13.8. The second-order valence-corrected chi connectivity index (χ2v) is 3.65. The largest absolute Gasteiger partial charge is 0.491 e. The molecule has 0 fully saturated rings. The maximum Gasteiger partial charge on any atom is 0.389 e. The molecule has 100 valence electrons. The number of rotatable bonds is 5. The molecule has 1 amide bonds. The second kappa shape index (κ2) is 5.61. The zero-order valence-corrected chi connectivity index (χ0v) is 9.46. The molecular formula is C11H13F3N2O2. The number of ether oxygens (including phenoxy) is 1. The van der Waals surface area contributed by atoms with Gasteiger partial charge in [0, 0.05) is 6.42 Å². The quantitative estimate of drug-likeness (QED) is 0.630. The summed E-state index contributed by atoms with van der Waals surface area (Å²) in [7, 11) is 0. The summed E-state index contributed by atoms with van der Waals surface area (Å²) in [4.78, 5) is 11.0. The number of halogens is 3. The number of benzene rings is 1. The van der Waals surface area contributed by atoms with Crippen molar-refractivity contribution in [1.29, 1.82) is 0 Å². The molecule has 0 saturated heterocycles. The first-order valence-corrected chi connectivity index (χ1v) is 5.19.